The van der Waals surface area contributed by atoms with E-state index in [4.69, 9.17) is 4.74 Å². The van der Waals surface area contributed by atoms with Crippen molar-refractivity contribution < 1.29 is 18.7 Å². The molecule has 2 fully saturated rings. The molecular weight excluding hydrogens is 431 g/mol. The van der Waals surface area contributed by atoms with Crippen molar-refractivity contribution in [1.82, 2.24) is 9.80 Å². The summed E-state index contributed by atoms with van der Waals surface area (Å²) in [5.41, 5.74) is 1.25. The van der Waals surface area contributed by atoms with Gasteiger partial charge in [0.25, 0.3) is 0 Å². The summed E-state index contributed by atoms with van der Waals surface area (Å²) in [4.78, 5) is 34.3. The number of aliphatic imine (C=N–C) groups is 1. The van der Waals surface area contributed by atoms with Crippen molar-refractivity contribution in [2.75, 3.05) is 44.7 Å². The molecule has 1 atom stereocenters. The van der Waals surface area contributed by atoms with Gasteiger partial charge >= 0.3 is 0 Å². The summed E-state index contributed by atoms with van der Waals surface area (Å²) in [7, 11) is 0. The molecule has 0 radical (unpaired) electrons. The molecule has 0 aromatic heterocycles. The van der Waals surface area contributed by atoms with E-state index in [0.29, 0.717) is 30.6 Å². The SMILES string of the molecule is O=C(C[C@@H]1SC(=Nc2ccccc2)N(CCN2CCOCC2)C1=O)Nc1ccc(F)cc1. The zero-order chi connectivity index (χ0) is 22.3. The first kappa shape index (κ1) is 22.4. The van der Waals surface area contributed by atoms with Crippen LogP contribution in [0, 0.1) is 5.82 Å². The van der Waals surface area contributed by atoms with E-state index in [2.05, 4.69) is 15.2 Å². The van der Waals surface area contributed by atoms with E-state index in [-0.39, 0.29) is 24.1 Å². The molecule has 0 bridgehead atoms. The number of carbonyl (C=O) groups is 2. The minimum absolute atomic E-state index is 0.0166. The summed E-state index contributed by atoms with van der Waals surface area (Å²) >= 11 is 1.31. The maximum Gasteiger partial charge on any atom is 0.242 e. The first-order valence-electron chi connectivity index (χ1n) is 10.6. The van der Waals surface area contributed by atoms with E-state index >= 15 is 0 Å². The molecule has 2 aliphatic heterocycles. The molecule has 2 aromatic rings. The van der Waals surface area contributed by atoms with Crippen molar-refractivity contribution >= 4 is 40.1 Å². The average molecular weight is 457 g/mol. The van der Waals surface area contributed by atoms with Crippen molar-refractivity contribution in [2.45, 2.75) is 11.7 Å². The Hall–Kier alpha value is -2.75. The lowest BCUT2D eigenvalue weighted by Crippen LogP contribution is -2.43. The Morgan fingerprint density at radius 2 is 1.81 bits per heavy atom. The number of nitrogens with zero attached hydrogens (tertiary/aromatic N) is 3. The van der Waals surface area contributed by atoms with Crippen molar-refractivity contribution in [1.29, 1.82) is 0 Å². The normalized spacial score (nSPS) is 20.7. The summed E-state index contributed by atoms with van der Waals surface area (Å²) in [5.74, 6) is -0.786. The molecular formula is C23H25FN4O3S. The largest absolute Gasteiger partial charge is 0.379 e. The molecule has 9 heteroatoms. The van der Waals surface area contributed by atoms with Crippen molar-refractivity contribution in [3.8, 4) is 0 Å². The Labute approximate surface area is 190 Å². The van der Waals surface area contributed by atoms with E-state index in [9.17, 15) is 14.0 Å². The van der Waals surface area contributed by atoms with Gasteiger partial charge in [-0.25, -0.2) is 9.38 Å². The Kier molecular flexibility index (Phi) is 7.51. The van der Waals surface area contributed by atoms with Crippen LogP contribution in [0.4, 0.5) is 15.8 Å². The first-order chi connectivity index (χ1) is 15.6. The highest BCUT2D eigenvalue weighted by molar-refractivity contribution is 8.15. The van der Waals surface area contributed by atoms with Crippen LogP contribution in [-0.2, 0) is 14.3 Å². The minimum atomic E-state index is -0.553. The van der Waals surface area contributed by atoms with Gasteiger partial charge in [-0.1, -0.05) is 30.0 Å². The Morgan fingerprint density at radius 3 is 2.53 bits per heavy atom. The van der Waals surface area contributed by atoms with Crippen molar-refractivity contribution in [3.05, 3.63) is 60.4 Å². The van der Waals surface area contributed by atoms with E-state index in [1.165, 1.54) is 36.0 Å². The maximum absolute atomic E-state index is 13.2. The molecule has 2 saturated heterocycles. The van der Waals surface area contributed by atoms with Crippen LogP contribution in [0.1, 0.15) is 6.42 Å². The first-order valence-corrected chi connectivity index (χ1v) is 11.4. The molecule has 0 saturated carbocycles. The van der Waals surface area contributed by atoms with Crippen LogP contribution in [0.2, 0.25) is 0 Å². The molecule has 2 amide bonds. The summed E-state index contributed by atoms with van der Waals surface area (Å²) in [6, 6.07) is 15.0. The van der Waals surface area contributed by atoms with Gasteiger partial charge in [-0.3, -0.25) is 19.4 Å². The number of rotatable bonds is 7. The number of morpholine rings is 1. The fourth-order valence-corrected chi connectivity index (χ4v) is 4.71. The molecule has 168 valence electrons. The number of carbonyl (C=O) groups excluding carboxylic acids is 2. The Balaban J connectivity index is 1.44. The number of halogens is 1. The molecule has 2 heterocycles. The van der Waals surface area contributed by atoms with Crippen molar-refractivity contribution in [2.24, 2.45) is 4.99 Å². The second-order valence-corrected chi connectivity index (χ2v) is 8.71. The third-order valence-electron chi connectivity index (χ3n) is 5.24. The van der Waals surface area contributed by atoms with E-state index in [1.807, 2.05) is 30.3 Å². The van der Waals surface area contributed by atoms with Gasteiger partial charge in [-0.05, 0) is 36.4 Å². The number of amidine groups is 1. The maximum atomic E-state index is 13.2. The number of thioether (sulfide) groups is 1. The van der Waals surface area contributed by atoms with Crippen LogP contribution in [-0.4, -0.2) is 71.4 Å². The predicted molar refractivity (Wildman–Crippen MR) is 124 cm³/mol. The van der Waals surface area contributed by atoms with Crippen molar-refractivity contribution in [3.63, 3.8) is 0 Å². The smallest absolute Gasteiger partial charge is 0.242 e. The number of benzene rings is 2. The van der Waals surface area contributed by atoms with E-state index in [0.717, 1.165) is 25.3 Å². The standard InChI is InChI=1S/C23H25FN4O3S/c24-17-6-8-19(9-7-17)25-21(29)16-20-22(30)28(11-10-27-12-14-31-15-13-27)23(32-20)26-18-4-2-1-3-5-18/h1-9,20H,10-16H2,(H,25,29)/t20-/m0/s1. The topological polar surface area (TPSA) is 74.2 Å². The molecule has 2 aromatic carbocycles. The molecule has 2 aliphatic rings. The van der Waals surface area contributed by atoms with E-state index in [1.54, 1.807) is 4.90 Å². The number of ether oxygens (including phenoxy) is 1. The average Bonchev–Trinajstić information content (AvgIpc) is 3.09. The lowest BCUT2D eigenvalue weighted by atomic mass is 10.2. The zero-order valence-corrected chi connectivity index (χ0v) is 18.4. The number of amides is 2. The lowest BCUT2D eigenvalue weighted by Gasteiger charge is -2.28. The van der Waals surface area contributed by atoms with Crippen LogP contribution >= 0.6 is 11.8 Å². The summed E-state index contributed by atoms with van der Waals surface area (Å²) < 4.78 is 18.5. The number of anilines is 1. The monoisotopic (exact) mass is 456 g/mol. The third-order valence-corrected chi connectivity index (χ3v) is 6.42. The molecule has 1 N–H and O–H groups in total. The molecule has 32 heavy (non-hydrogen) atoms. The van der Waals surface area contributed by atoms with Gasteiger partial charge < -0.3 is 10.1 Å². The van der Waals surface area contributed by atoms with Gasteiger partial charge in [0, 0.05) is 38.3 Å². The summed E-state index contributed by atoms with van der Waals surface area (Å²) in [5, 5.41) is 2.78. The summed E-state index contributed by atoms with van der Waals surface area (Å²) in [6.45, 7) is 4.29. The van der Waals surface area contributed by atoms with Gasteiger partial charge in [0.2, 0.25) is 11.8 Å². The number of hydrogen-bond donors (Lipinski definition) is 1. The molecule has 0 spiro atoms. The Bertz CT molecular complexity index is 965. The van der Waals surface area contributed by atoms with Gasteiger partial charge in [-0.2, -0.15) is 0 Å². The third kappa shape index (κ3) is 5.93. The Morgan fingerprint density at radius 1 is 1.09 bits per heavy atom. The predicted octanol–water partition coefficient (Wildman–Crippen LogP) is 3.12. The fourth-order valence-electron chi connectivity index (χ4n) is 3.52. The zero-order valence-electron chi connectivity index (χ0n) is 17.6. The number of nitrogens with one attached hydrogen (secondary N) is 1. The van der Waals surface area contributed by atoms with Crippen LogP contribution in [0.25, 0.3) is 0 Å². The molecule has 0 aliphatic carbocycles. The van der Waals surface area contributed by atoms with Crippen LogP contribution in [0.3, 0.4) is 0 Å². The van der Waals surface area contributed by atoms with Gasteiger partial charge in [0.05, 0.1) is 18.9 Å². The van der Waals surface area contributed by atoms with Crippen LogP contribution < -0.4 is 5.32 Å². The number of hydrogen-bond acceptors (Lipinski definition) is 6. The second-order valence-electron chi connectivity index (χ2n) is 7.54. The molecule has 0 unspecified atom stereocenters. The molecule has 7 nitrogen and oxygen atoms in total. The molecule has 4 rings (SSSR count). The highest BCUT2D eigenvalue weighted by Crippen LogP contribution is 2.31. The fraction of sp³-hybridized carbons (Fsp3) is 0.348. The van der Waals surface area contributed by atoms with Crippen LogP contribution in [0.5, 0.6) is 0 Å². The highest BCUT2D eigenvalue weighted by Gasteiger charge is 2.39. The van der Waals surface area contributed by atoms with Gasteiger partial charge in [0.15, 0.2) is 5.17 Å². The van der Waals surface area contributed by atoms with Gasteiger partial charge in [0.1, 0.15) is 11.1 Å². The highest BCUT2D eigenvalue weighted by atomic mass is 32.2. The second kappa shape index (κ2) is 10.7. The minimum Gasteiger partial charge on any atom is -0.379 e. The number of para-hydroxylation sites is 1. The van der Waals surface area contributed by atoms with E-state index < -0.39 is 5.25 Å². The summed E-state index contributed by atoms with van der Waals surface area (Å²) in [6.07, 6.45) is 0.0166. The lowest BCUT2D eigenvalue weighted by molar-refractivity contribution is -0.128. The van der Waals surface area contributed by atoms with Crippen LogP contribution in [0.15, 0.2) is 59.6 Å². The quantitative estimate of drug-likeness (QED) is 0.693. The van der Waals surface area contributed by atoms with Gasteiger partial charge in [-0.15, -0.1) is 0 Å².